The highest BCUT2D eigenvalue weighted by Crippen LogP contribution is 2.08. The maximum atomic E-state index is 11.8. The average molecular weight is 284 g/mol. The molecule has 1 atom stereocenters. The third kappa shape index (κ3) is 5.08. The minimum Gasteiger partial charge on any atom is -0.214 e. The molecule has 4 nitrogen and oxygen atoms in total. The smallest absolute Gasteiger partial charge is 0.214 e. The van der Waals surface area contributed by atoms with Gasteiger partial charge < -0.3 is 0 Å². The third-order valence-electron chi connectivity index (χ3n) is 2.43. The zero-order valence-corrected chi connectivity index (χ0v) is 12.0. The molecular weight excluding hydrogens is 268 g/mol. The van der Waals surface area contributed by atoms with Crippen LogP contribution in [0, 0.1) is 11.3 Å². The summed E-state index contributed by atoms with van der Waals surface area (Å²) in [5.41, 5.74) is 1.21. The molecule has 0 aliphatic rings. The topological polar surface area (TPSA) is 70.0 Å². The van der Waals surface area contributed by atoms with E-state index < -0.39 is 10.0 Å². The first-order valence-corrected chi connectivity index (χ1v) is 8.40. The van der Waals surface area contributed by atoms with Crippen LogP contribution in [0.25, 0.3) is 0 Å². The molecule has 0 aromatic heterocycles. The van der Waals surface area contributed by atoms with Gasteiger partial charge in [0.25, 0.3) is 0 Å². The second-order valence-corrected chi connectivity index (χ2v) is 7.05. The minimum atomic E-state index is -3.31. The minimum absolute atomic E-state index is 0.0557. The number of nitriles is 1. The number of benzene rings is 1. The Balaban J connectivity index is 2.62. The van der Waals surface area contributed by atoms with Crippen LogP contribution in [0.4, 0.5) is 0 Å². The van der Waals surface area contributed by atoms with Crippen molar-refractivity contribution in [3.63, 3.8) is 0 Å². The molecule has 6 heteroatoms. The molecule has 0 fully saturated rings. The fourth-order valence-corrected chi connectivity index (χ4v) is 2.87. The van der Waals surface area contributed by atoms with Crippen molar-refractivity contribution in [3.05, 3.63) is 35.4 Å². The van der Waals surface area contributed by atoms with Gasteiger partial charge in [-0.25, -0.2) is 13.1 Å². The fourth-order valence-electron chi connectivity index (χ4n) is 1.27. The molecule has 1 aromatic rings. The maximum absolute atomic E-state index is 11.8. The lowest BCUT2D eigenvalue weighted by Gasteiger charge is -2.10. The molecule has 0 aliphatic heterocycles. The summed E-state index contributed by atoms with van der Waals surface area (Å²) < 4.78 is 26.2. The van der Waals surface area contributed by atoms with E-state index in [0.29, 0.717) is 17.7 Å². The highest BCUT2D eigenvalue weighted by Gasteiger charge is 2.12. The fraction of sp³-hybridized carbons (Fsp3) is 0.417. The predicted molar refractivity (Wildman–Crippen MR) is 74.8 cm³/mol. The summed E-state index contributed by atoms with van der Waals surface area (Å²) in [6.45, 7) is 2.40. The second-order valence-electron chi connectivity index (χ2n) is 3.96. The lowest BCUT2D eigenvalue weighted by molar-refractivity contribution is 0.580. The normalized spacial score (nSPS) is 12.9. The molecule has 18 heavy (non-hydrogen) atoms. The summed E-state index contributed by atoms with van der Waals surface area (Å²) in [4.78, 5) is 0. The van der Waals surface area contributed by atoms with E-state index in [0.717, 1.165) is 0 Å². The number of hydrogen-bond acceptors (Lipinski definition) is 4. The zero-order valence-electron chi connectivity index (χ0n) is 10.4. The van der Waals surface area contributed by atoms with Crippen LogP contribution in [0.3, 0.4) is 0 Å². The van der Waals surface area contributed by atoms with Gasteiger partial charge in [0.05, 0.1) is 17.4 Å². The number of nitrogens with zero attached hydrogens (tertiary/aromatic N) is 1. The average Bonchev–Trinajstić information content (AvgIpc) is 2.36. The van der Waals surface area contributed by atoms with E-state index in [9.17, 15) is 8.42 Å². The molecule has 98 valence electrons. The van der Waals surface area contributed by atoms with Crippen LogP contribution in [0.2, 0.25) is 0 Å². The van der Waals surface area contributed by atoms with Crippen molar-refractivity contribution < 1.29 is 8.42 Å². The molecule has 0 saturated heterocycles. The molecule has 0 spiro atoms. The summed E-state index contributed by atoms with van der Waals surface area (Å²) in [7, 11) is -3.31. The summed E-state index contributed by atoms with van der Waals surface area (Å²) in [5.74, 6) is -0.0557. The van der Waals surface area contributed by atoms with Gasteiger partial charge in [0.1, 0.15) is 0 Å². The lowest BCUT2D eigenvalue weighted by Crippen LogP contribution is -2.30. The van der Waals surface area contributed by atoms with Gasteiger partial charge in [-0.05, 0) is 24.0 Å². The van der Waals surface area contributed by atoms with Crippen molar-refractivity contribution >= 4 is 21.8 Å². The van der Waals surface area contributed by atoms with E-state index >= 15 is 0 Å². The highest BCUT2D eigenvalue weighted by molar-refractivity contribution is 7.99. The Morgan fingerprint density at radius 2 is 2.00 bits per heavy atom. The Labute approximate surface area is 112 Å². The van der Waals surface area contributed by atoms with Crippen LogP contribution in [-0.2, 0) is 15.8 Å². The van der Waals surface area contributed by atoms with Gasteiger partial charge in [0, 0.05) is 11.8 Å². The van der Waals surface area contributed by atoms with Gasteiger partial charge in [-0.2, -0.15) is 17.0 Å². The van der Waals surface area contributed by atoms with E-state index in [-0.39, 0.29) is 11.0 Å². The Morgan fingerprint density at radius 3 is 2.50 bits per heavy atom. The molecule has 0 radical (unpaired) electrons. The molecule has 0 amide bonds. The molecule has 1 unspecified atom stereocenters. The van der Waals surface area contributed by atoms with E-state index in [1.165, 1.54) is 0 Å². The first-order valence-electron chi connectivity index (χ1n) is 5.46. The summed E-state index contributed by atoms with van der Waals surface area (Å²) in [5, 5.41) is 8.90. The van der Waals surface area contributed by atoms with Crippen molar-refractivity contribution in [1.29, 1.82) is 5.26 Å². The monoisotopic (exact) mass is 284 g/mol. The van der Waals surface area contributed by atoms with Gasteiger partial charge in [-0.1, -0.05) is 19.1 Å². The molecule has 1 rings (SSSR count). The summed E-state index contributed by atoms with van der Waals surface area (Å²) in [6, 6.07) is 8.56. The number of thioether (sulfide) groups is 1. The van der Waals surface area contributed by atoms with Crippen LogP contribution in [0.5, 0.6) is 0 Å². The Morgan fingerprint density at radius 1 is 1.39 bits per heavy atom. The lowest BCUT2D eigenvalue weighted by atomic mass is 10.2. The largest absolute Gasteiger partial charge is 0.215 e. The Kier molecular flexibility index (Phi) is 5.66. The van der Waals surface area contributed by atoms with Crippen molar-refractivity contribution in [3.8, 4) is 6.07 Å². The summed E-state index contributed by atoms with van der Waals surface area (Å²) >= 11 is 1.61. The van der Waals surface area contributed by atoms with Gasteiger partial charge in [-0.3, -0.25) is 0 Å². The number of rotatable bonds is 6. The number of sulfonamides is 1. The Hall–Kier alpha value is -1.03. The molecule has 0 saturated carbocycles. The van der Waals surface area contributed by atoms with Gasteiger partial charge in [-0.15, -0.1) is 0 Å². The zero-order chi connectivity index (χ0) is 13.6. The van der Waals surface area contributed by atoms with Crippen LogP contribution in [0.1, 0.15) is 18.1 Å². The molecule has 0 aliphatic carbocycles. The molecule has 1 aromatic carbocycles. The van der Waals surface area contributed by atoms with Gasteiger partial charge >= 0.3 is 0 Å². The summed E-state index contributed by atoms with van der Waals surface area (Å²) in [6.07, 6.45) is 1.94. The van der Waals surface area contributed by atoms with Crippen molar-refractivity contribution in [1.82, 2.24) is 4.72 Å². The second kappa shape index (κ2) is 6.78. The molecular formula is C12H16N2O2S2. The van der Waals surface area contributed by atoms with E-state index in [1.807, 2.05) is 19.2 Å². The van der Waals surface area contributed by atoms with Gasteiger partial charge in [0.2, 0.25) is 10.0 Å². The van der Waals surface area contributed by atoms with E-state index in [2.05, 4.69) is 4.72 Å². The third-order valence-corrected chi connectivity index (χ3v) is 4.72. The van der Waals surface area contributed by atoms with Crippen molar-refractivity contribution in [2.45, 2.75) is 17.9 Å². The quantitative estimate of drug-likeness (QED) is 0.863. The number of hydrogen-bond donors (Lipinski definition) is 1. The van der Waals surface area contributed by atoms with E-state index in [1.54, 1.807) is 36.0 Å². The van der Waals surface area contributed by atoms with Crippen molar-refractivity contribution in [2.24, 2.45) is 0 Å². The van der Waals surface area contributed by atoms with Gasteiger partial charge in [0.15, 0.2) is 0 Å². The molecule has 1 N–H and O–H groups in total. The first kappa shape index (κ1) is 15.0. The van der Waals surface area contributed by atoms with Crippen LogP contribution in [0.15, 0.2) is 24.3 Å². The highest BCUT2D eigenvalue weighted by atomic mass is 32.2. The standard InChI is InChI=1S/C12H16N2O2S2/c1-10(17-2)8-14-18(15,16)9-12-5-3-11(7-13)4-6-12/h3-6,10,14H,8-9H2,1-2H3. The first-order chi connectivity index (χ1) is 8.46. The molecule has 0 bridgehead atoms. The number of nitrogens with one attached hydrogen (secondary N) is 1. The van der Waals surface area contributed by atoms with Crippen LogP contribution < -0.4 is 4.72 Å². The molecule has 0 heterocycles. The predicted octanol–water partition coefficient (Wildman–Crippen LogP) is 1.73. The van der Waals surface area contributed by atoms with E-state index in [4.69, 9.17) is 5.26 Å². The van der Waals surface area contributed by atoms with Crippen LogP contribution >= 0.6 is 11.8 Å². The maximum Gasteiger partial charge on any atom is 0.215 e. The SMILES string of the molecule is CSC(C)CNS(=O)(=O)Cc1ccc(C#N)cc1. The van der Waals surface area contributed by atoms with Crippen molar-refractivity contribution in [2.75, 3.05) is 12.8 Å². The Bertz CT molecular complexity index is 518. The van der Waals surface area contributed by atoms with Crippen LogP contribution in [-0.4, -0.2) is 26.5 Å².